The number of rotatable bonds is 4. The zero-order chi connectivity index (χ0) is 14.0. The van der Waals surface area contributed by atoms with Crippen molar-refractivity contribution >= 4 is 17.9 Å². The standard InChI is InChI=1S/C14H17NO4/c1-4-5-18-12-7-10(8-16)6-11-13(12)19-9(2)14(17)15(11)3/h6-9H,4-5H2,1-3H3. The van der Waals surface area contributed by atoms with E-state index in [2.05, 4.69) is 0 Å². The molecule has 0 saturated carbocycles. The Balaban J connectivity index is 2.50. The number of amides is 1. The maximum absolute atomic E-state index is 11.9. The van der Waals surface area contributed by atoms with Gasteiger partial charge >= 0.3 is 0 Å². The summed E-state index contributed by atoms with van der Waals surface area (Å²) in [6, 6.07) is 3.27. The van der Waals surface area contributed by atoms with Crippen LogP contribution in [0.3, 0.4) is 0 Å². The van der Waals surface area contributed by atoms with Gasteiger partial charge in [0.1, 0.15) is 6.29 Å². The van der Waals surface area contributed by atoms with Gasteiger partial charge in [-0.15, -0.1) is 0 Å². The molecule has 0 N–H and O–H groups in total. The smallest absolute Gasteiger partial charge is 0.267 e. The summed E-state index contributed by atoms with van der Waals surface area (Å²) in [4.78, 5) is 24.4. The van der Waals surface area contributed by atoms with Gasteiger partial charge in [0.25, 0.3) is 5.91 Å². The summed E-state index contributed by atoms with van der Waals surface area (Å²) < 4.78 is 11.2. The van der Waals surface area contributed by atoms with Crippen molar-refractivity contribution in [1.29, 1.82) is 0 Å². The summed E-state index contributed by atoms with van der Waals surface area (Å²) in [7, 11) is 1.67. The monoisotopic (exact) mass is 263 g/mol. The van der Waals surface area contributed by atoms with E-state index in [-0.39, 0.29) is 5.91 Å². The third-order valence-electron chi connectivity index (χ3n) is 2.99. The molecule has 1 aromatic rings. The minimum atomic E-state index is -0.552. The Hall–Kier alpha value is -2.04. The van der Waals surface area contributed by atoms with Crippen LogP contribution in [0.25, 0.3) is 0 Å². The third kappa shape index (κ3) is 2.41. The second-order valence-electron chi connectivity index (χ2n) is 4.49. The molecule has 1 aliphatic rings. The normalized spacial score (nSPS) is 17.7. The van der Waals surface area contributed by atoms with Gasteiger partial charge in [-0.25, -0.2) is 0 Å². The molecule has 0 spiro atoms. The predicted octanol–water partition coefficient (Wildman–Crippen LogP) is 2.03. The number of ether oxygens (including phenoxy) is 2. The van der Waals surface area contributed by atoms with E-state index >= 15 is 0 Å². The van der Waals surface area contributed by atoms with Crippen molar-refractivity contribution in [3.63, 3.8) is 0 Å². The van der Waals surface area contributed by atoms with E-state index in [1.54, 1.807) is 26.1 Å². The van der Waals surface area contributed by atoms with E-state index in [1.807, 2.05) is 6.92 Å². The number of nitrogens with zero attached hydrogens (tertiary/aromatic N) is 1. The van der Waals surface area contributed by atoms with Gasteiger partial charge in [0.2, 0.25) is 0 Å². The first-order chi connectivity index (χ1) is 9.08. The minimum absolute atomic E-state index is 0.142. The highest BCUT2D eigenvalue weighted by atomic mass is 16.5. The number of carbonyl (C=O) groups is 2. The zero-order valence-corrected chi connectivity index (χ0v) is 11.3. The first-order valence-corrected chi connectivity index (χ1v) is 6.28. The van der Waals surface area contributed by atoms with Crippen molar-refractivity contribution in [3.05, 3.63) is 17.7 Å². The molecule has 0 aromatic heterocycles. The molecule has 0 saturated heterocycles. The van der Waals surface area contributed by atoms with Gasteiger partial charge in [0, 0.05) is 12.6 Å². The molecule has 102 valence electrons. The first-order valence-electron chi connectivity index (χ1n) is 6.28. The van der Waals surface area contributed by atoms with Gasteiger partial charge < -0.3 is 14.4 Å². The van der Waals surface area contributed by atoms with Crippen LogP contribution in [0.4, 0.5) is 5.69 Å². The van der Waals surface area contributed by atoms with E-state index in [0.29, 0.717) is 29.4 Å². The number of hydrogen-bond acceptors (Lipinski definition) is 4. The summed E-state index contributed by atoms with van der Waals surface area (Å²) in [5.41, 5.74) is 1.03. The summed E-state index contributed by atoms with van der Waals surface area (Å²) in [6.07, 6.45) is 1.03. The maximum Gasteiger partial charge on any atom is 0.267 e. The molecule has 19 heavy (non-hydrogen) atoms. The van der Waals surface area contributed by atoms with Crippen molar-refractivity contribution < 1.29 is 19.1 Å². The van der Waals surface area contributed by atoms with Crippen LogP contribution >= 0.6 is 0 Å². The number of likely N-dealkylation sites (N-methyl/N-ethyl adjacent to an activating group) is 1. The maximum atomic E-state index is 11.9. The minimum Gasteiger partial charge on any atom is -0.490 e. The largest absolute Gasteiger partial charge is 0.490 e. The van der Waals surface area contributed by atoms with E-state index in [1.165, 1.54) is 4.90 Å². The molecule has 1 aliphatic heterocycles. The van der Waals surface area contributed by atoms with Crippen LogP contribution in [-0.4, -0.2) is 32.0 Å². The van der Waals surface area contributed by atoms with Gasteiger partial charge in [0.05, 0.1) is 12.3 Å². The SMILES string of the molecule is CCCOc1cc(C=O)cc2c1OC(C)C(=O)N2C. The Bertz CT molecular complexity index is 512. The lowest BCUT2D eigenvalue weighted by Gasteiger charge is -2.31. The Morgan fingerprint density at radius 1 is 1.47 bits per heavy atom. The van der Waals surface area contributed by atoms with Crippen LogP contribution in [0.1, 0.15) is 30.6 Å². The van der Waals surface area contributed by atoms with E-state index < -0.39 is 6.10 Å². The average Bonchev–Trinajstić information content (AvgIpc) is 2.42. The van der Waals surface area contributed by atoms with Crippen molar-refractivity contribution in [1.82, 2.24) is 0 Å². The highest BCUT2D eigenvalue weighted by molar-refractivity contribution is 6.01. The lowest BCUT2D eigenvalue weighted by molar-refractivity contribution is -0.125. The van der Waals surface area contributed by atoms with Crippen LogP contribution in [-0.2, 0) is 4.79 Å². The van der Waals surface area contributed by atoms with Gasteiger partial charge in [0.15, 0.2) is 17.6 Å². The Labute approximate surface area is 112 Å². The molecule has 2 rings (SSSR count). The summed E-state index contributed by atoms with van der Waals surface area (Å²) in [5.74, 6) is 0.887. The fourth-order valence-corrected chi connectivity index (χ4v) is 1.98. The second kappa shape index (κ2) is 5.30. The topological polar surface area (TPSA) is 55.8 Å². The number of fused-ring (bicyclic) bond motifs is 1. The van der Waals surface area contributed by atoms with Gasteiger partial charge in [-0.3, -0.25) is 9.59 Å². The quantitative estimate of drug-likeness (QED) is 0.780. The van der Waals surface area contributed by atoms with Crippen LogP contribution in [0.2, 0.25) is 0 Å². The summed E-state index contributed by atoms with van der Waals surface area (Å²) in [5, 5.41) is 0. The van der Waals surface area contributed by atoms with E-state index in [4.69, 9.17) is 9.47 Å². The molecule has 5 heteroatoms. The fraction of sp³-hybridized carbons (Fsp3) is 0.429. The van der Waals surface area contributed by atoms with Crippen LogP contribution in [0.15, 0.2) is 12.1 Å². The summed E-state index contributed by atoms with van der Waals surface area (Å²) in [6.45, 7) is 4.22. The number of benzene rings is 1. The molecule has 1 unspecified atom stereocenters. The third-order valence-corrected chi connectivity index (χ3v) is 2.99. The predicted molar refractivity (Wildman–Crippen MR) is 71.1 cm³/mol. The molecule has 0 radical (unpaired) electrons. The molecular weight excluding hydrogens is 246 g/mol. The molecule has 5 nitrogen and oxygen atoms in total. The number of anilines is 1. The second-order valence-corrected chi connectivity index (χ2v) is 4.49. The lowest BCUT2D eigenvalue weighted by atomic mass is 10.1. The average molecular weight is 263 g/mol. The van der Waals surface area contributed by atoms with Crippen molar-refractivity contribution in [2.75, 3.05) is 18.6 Å². The van der Waals surface area contributed by atoms with Gasteiger partial charge in [-0.2, -0.15) is 0 Å². The van der Waals surface area contributed by atoms with Crippen LogP contribution in [0, 0.1) is 0 Å². The molecule has 1 atom stereocenters. The van der Waals surface area contributed by atoms with Gasteiger partial charge in [-0.1, -0.05) is 6.92 Å². The molecule has 1 amide bonds. The van der Waals surface area contributed by atoms with Gasteiger partial charge in [-0.05, 0) is 25.5 Å². The number of hydrogen-bond donors (Lipinski definition) is 0. The molecule has 0 bridgehead atoms. The van der Waals surface area contributed by atoms with Crippen LogP contribution in [0.5, 0.6) is 11.5 Å². The van der Waals surface area contributed by atoms with E-state index in [0.717, 1.165) is 12.7 Å². The molecule has 1 heterocycles. The fourth-order valence-electron chi connectivity index (χ4n) is 1.98. The Kier molecular flexibility index (Phi) is 3.74. The number of carbonyl (C=O) groups excluding carboxylic acids is 2. The molecule has 0 fully saturated rings. The molecule has 1 aromatic carbocycles. The lowest BCUT2D eigenvalue weighted by Crippen LogP contribution is -2.42. The highest BCUT2D eigenvalue weighted by Gasteiger charge is 2.31. The van der Waals surface area contributed by atoms with Crippen molar-refractivity contribution in [2.45, 2.75) is 26.4 Å². The van der Waals surface area contributed by atoms with Crippen molar-refractivity contribution in [3.8, 4) is 11.5 Å². The molecular formula is C14H17NO4. The van der Waals surface area contributed by atoms with Crippen LogP contribution < -0.4 is 14.4 Å². The molecule has 0 aliphatic carbocycles. The Morgan fingerprint density at radius 3 is 2.84 bits per heavy atom. The van der Waals surface area contributed by atoms with E-state index in [9.17, 15) is 9.59 Å². The first kappa shape index (κ1) is 13.4. The number of aldehydes is 1. The van der Waals surface area contributed by atoms with Crippen molar-refractivity contribution in [2.24, 2.45) is 0 Å². The summed E-state index contributed by atoms with van der Waals surface area (Å²) >= 11 is 0. The Morgan fingerprint density at radius 2 is 2.21 bits per heavy atom. The zero-order valence-electron chi connectivity index (χ0n) is 11.3. The highest BCUT2D eigenvalue weighted by Crippen LogP contribution is 2.42.